The van der Waals surface area contributed by atoms with Crippen molar-refractivity contribution in [1.29, 1.82) is 0 Å². The Balaban J connectivity index is 1.78. The summed E-state index contributed by atoms with van der Waals surface area (Å²) in [7, 11) is 0. The summed E-state index contributed by atoms with van der Waals surface area (Å²) in [5.74, 6) is 0.625. The van der Waals surface area contributed by atoms with E-state index in [9.17, 15) is 0 Å². The van der Waals surface area contributed by atoms with Crippen molar-refractivity contribution < 1.29 is 5.11 Å². The van der Waals surface area contributed by atoms with E-state index in [1.54, 1.807) is 0 Å². The van der Waals surface area contributed by atoms with Crippen molar-refractivity contribution in [3.63, 3.8) is 0 Å². The van der Waals surface area contributed by atoms with Gasteiger partial charge in [-0.25, -0.2) is 0 Å². The first kappa shape index (κ1) is 7.56. The highest BCUT2D eigenvalue weighted by Gasteiger charge is 2.49. The molecule has 3 N–H and O–H groups in total. The molecule has 2 heteroatoms. The van der Waals surface area contributed by atoms with Crippen LogP contribution < -0.4 is 5.73 Å². The maximum Gasteiger partial charge on any atom is 0.0585 e. The molecule has 11 heavy (non-hydrogen) atoms. The molecule has 0 aromatic rings. The van der Waals surface area contributed by atoms with Crippen LogP contribution in [0, 0.1) is 11.3 Å². The fourth-order valence-electron chi connectivity index (χ4n) is 2.59. The molecule has 2 fully saturated rings. The summed E-state index contributed by atoms with van der Waals surface area (Å²) in [5.41, 5.74) is 6.43. The van der Waals surface area contributed by atoms with Gasteiger partial charge in [-0.15, -0.1) is 0 Å². The Morgan fingerprint density at radius 2 is 2.09 bits per heavy atom. The maximum atomic E-state index is 8.81. The Labute approximate surface area is 67.8 Å². The highest BCUT2D eigenvalue weighted by molar-refractivity contribution is 5.01. The molecule has 0 amide bonds. The minimum atomic E-state index is 0.0567. The van der Waals surface area contributed by atoms with Crippen LogP contribution in [0.1, 0.15) is 32.1 Å². The Morgan fingerprint density at radius 1 is 1.45 bits per heavy atom. The molecule has 2 rings (SSSR count). The van der Waals surface area contributed by atoms with Gasteiger partial charge in [0.1, 0.15) is 0 Å². The second kappa shape index (κ2) is 2.46. The van der Waals surface area contributed by atoms with Crippen LogP contribution in [0.15, 0.2) is 0 Å². The Morgan fingerprint density at radius 3 is 2.45 bits per heavy atom. The van der Waals surface area contributed by atoms with E-state index in [0.717, 1.165) is 0 Å². The second-order valence-electron chi connectivity index (χ2n) is 4.37. The van der Waals surface area contributed by atoms with Gasteiger partial charge in [-0.3, -0.25) is 0 Å². The van der Waals surface area contributed by atoms with Gasteiger partial charge in [0.15, 0.2) is 0 Å². The molecule has 2 aliphatic rings. The Bertz CT molecular complexity index is 146. The van der Waals surface area contributed by atoms with Gasteiger partial charge >= 0.3 is 0 Å². The van der Waals surface area contributed by atoms with Gasteiger partial charge in [-0.05, 0) is 37.0 Å². The van der Waals surface area contributed by atoms with Crippen molar-refractivity contribution in [2.75, 3.05) is 6.61 Å². The topological polar surface area (TPSA) is 46.2 Å². The number of aliphatic hydroxyl groups excluding tert-OH is 1. The van der Waals surface area contributed by atoms with Crippen LogP contribution in [0.25, 0.3) is 0 Å². The molecule has 0 aliphatic heterocycles. The zero-order chi connectivity index (χ0) is 7.90. The fourth-order valence-corrected chi connectivity index (χ4v) is 2.59. The lowest BCUT2D eigenvalue weighted by molar-refractivity contribution is -0.0414. The predicted octanol–water partition coefficient (Wildman–Crippen LogP) is 0.886. The molecule has 0 heterocycles. The molecule has 0 aromatic heterocycles. The molecule has 1 spiro atoms. The Hall–Kier alpha value is -0.0800. The Kier molecular flexibility index (Phi) is 1.69. The zero-order valence-electron chi connectivity index (χ0n) is 6.92. The molecule has 0 saturated heterocycles. The number of aliphatic hydroxyl groups is 1. The first-order valence-corrected chi connectivity index (χ1v) is 4.62. The van der Waals surface area contributed by atoms with Gasteiger partial charge in [0.2, 0.25) is 0 Å². The highest BCUT2D eigenvalue weighted by Crippen LogP contribution is 2.59. The minimum Gasteiger partial charge on any atom is -0.395 e. The first-order valence-electron chi connectivity index (χ1n) is 4.62. The third-order valence-corrected chi connectivity index (χ3v) is 3.62. The van der Waals surface area contributed by atoms with E-state index in [-0.39, 0.29) is 12.6 Å². The standard InChI is InChI=1S/C9H17NO/c10-8(6-11)7-4-9(5-7)2-1-3-9/h7-8,11H,1-6,10H2. The van der Waals surface area contributed by atoms with Crippen molar-refractivity contribution in [2.24, 2.45) is 17.1 Å². The lowest BCUT2D eigenvalue weighted by atomic mass is 9.50. The summed E-state index contributed by atoms with van der Waals surface area (Å²) >= 11 is 0. The monoisotopic (exact) mass is 155 g/mol. The molecule has 0 aromatic carbocycles. The van der Waals surface area contributed by atoms with Crippen LogP contribution in [-0.2, 0) is 0 Å². The lowest BCUT2D eigenvalue weighted by Crippen LogP contribution is -2.50. The zero-order valence-corrected chi connectivity index (χ0v) is 6.92. The summed E-state index contributed by atoms with van der Waals surface area (Å²) < 4.78 is 0. The third-order valence-electron chi connectivity index (χ3n) is 3.62. The number of rotatable bonds is 2. The summed E-state index contributed by atoms with van der Waals surface area (Å²) in [4.78, 5) is 0. The number of hydrogen-bond acceptors (Lipinski definition) is 2. The molecular weight excluding hydrogens is 138 g/mol. The van der Waals surface area contributed by atoms with Crippen molar-refractivity contribution in [3.05, 3.63) is 0 Å². The average Bonchev–Trinajstić information content (AvgIpc) is 1.81. The predicted molar refractivity (Wildman–Crippen MR) is 44.1 cm³/mol. The van der Waals surface area contributed by atoms with Gasteiger partial charge in [0, 0.05) is 6.04 Å². The quantitative estimate of drug-likeness (QED) is 0.622. The fraction of sp³-hybridized carbons (Fsp3) is 1.00. The number of hydrogen-bond donors (Lipinski definition) is 2. The van der Waals surface area contributed by atoms with Crippen molar-refractivity contribution >= 4 is 0 Å². The van der Waals surface area contributed by atoms with E-state index in [2.05, 4.69) is 0 Å². The normalized spacial score (nSPS) is 31.1. The van der Waals surface area contributed by atoms with Gasteiger partial charge in [0.25, 0.3) is 0 Å². The largest absolute Gasteiger partial charge is 0.395 e. The molecule has 1 atom stereocenters. The van der Waals surface area contributed by atoms with E-state index in [4.69, 9.17) is 10.8 Å². The molecule has 0 bridgehead atoms. The molecule has 0 radical (unpaired) electrons. The molecule has 2 nitrogen and oxygen atoms in total. The third kappa shape index (κ3) is 1.09. The summed E-state index contributed by atoms with van der Waals surface area (Å²) in [6.07, 6.45) is 6.83. The summed E-state index contributed by atoms with van der Waals surface area (Å²) in [6.45, 7) is 0.167. The lowest BCUT2D eigenvalue weighted by Gasteiger charge is -2.55. The van der Waals surface area contributed by atoms with Crippen molar-refractivity contribution in [3.8, 4) is 0 Å². The molecular formula is C9H17NO. The molecule has 64 valence electrons. The first-order chi connectivity index (χ1) is 5.26. The number of nitrogens with two attached hydrogens (primary N) is 1. The van der Waals surface area contributed by atoms with Gasteiger partial charge < -0.3 is 10.8 Å². The van der Waals surface area contributed by atoms with E-state index in [0.29, 0.717) is 11.3 Å². The van der Waals surface area contributed by atoms with E-state index < -0.39 is 0 Å². The highest BCUT2D eigenvalue weighted by atomic mass is 16.3. The molecule has 1 unspecified atom stereocenters. The smallest absolute Gasteiger partial charge is 0.0585 e. The van der Waals surface area contributed by atoms with E-state index >= 15 is 0 Å². The van der Waals surface area contributed by atoms with Gasteiger partial charge in [0.05, 0.1) is 6.61 Å². The average molecular weight is 155 g/mol. The SMILES string of the molecule is NC(CO)C1CC2(CCC2)C1. The van der Waals surface area contributed by atoms with Crippen molar-refractivity contribution in [2.45, 2.75) is 38.1 Å². The summed E-state index contributed by atoms with van der Waals surface area (Å²) in [5, 5.41) is 8.81. The van der Waals surface area contributed by atoms with Gasteiger partial charge in [-0.2, -0.15) is 0 Å². The maximum absolute atomic E-state index is 8.81. The van der Waals surface area contributed by atoms with Gasteiger partial charge in [-0.1, -0.05) is 6.42 Å². The summed E-state index contributed by atoms with van der Waals surface area (Å²) in [6, 6.07) is 0.0567. The van der Waals surface area contributed by atoms with Crippen LogP contribution in [0.3, 0.4) is 0 Å². The van der Waals surface area contributed by atoms with Crippen LogP contribution >= 0.6 is 0 Å². The van der Waals surface area contributed by atoms with Crippen LogP contribution in [-0.4, -0.2) is 17.8 Å². The van der Waals surface area contributed by atoms with Crippen LogP contribution in [0.4, 0.5) is 0 Å². The van der Waals surface area contributed by atoms with E-state index in [1.165, 1.54) is 32.1 Å². The molecule has 2 aliphatic carbocycles. The van der Waals surface area contributed by atoms with Crippen LogP contribution in [0.2, 0.25) is 0 Å². The second-order valence-corrected chi connectivity index (χ2v) is 4.37. The van der Waals surface area contributed by atoms with E-state index in [1.807, 2.05) is 0 Å². The van der Waals surface area contributed by atoms with Crippen LogP contribution in [0.5, 0.6) is 0 Å². The minimum absolute atomic E-state index is 0.0567. The van der Waals surface area contributed by atoms with Crippen molar-refractivity contribution in [1.82, 2.24) is 0 Å². The molecule has 2 saturated carbocycles.